The van der Waals surface area contributed by atoms with Gasteiger partial charge in [-0.2, -0.15) is 8.78 Å². The van der Waals surface area contributed by atoms with Crippen LogP contribution in [0.5, 0.6) is 5.75 Å². The number of carbonyl (C=O) groups excluding carboxylic acids is 2. The summed E-state index contributed by atoms with van der Waals surface area (Å²) in [6, 6.07) is 0. The lowest BCUT2D eigenvalue weighted by atomic mass is 10.0. The van der Waals surface area contributed by atoms with E-state index in [4.69, 9.17) is 14.2 Å². The number of halogens is 5. The van der Waals surface area contributed by atoms with Crippen LogP contribution in [0.25, 0.3) is 0 Å². The van der Waals surface area contributed by atoms with Crippen LogP contribution in [0.4, 0.5) is 22.0 Å². The highest BCUT2D eigenvalue weighted by Crippen LogP contribution is 2.29. The zero-order chi connectivity index (χ0) is 31.0. The zero-order valence-electron chi connectivity index (χ0n) is 24.9. The molecule has 42 heavy (non-hydrogen) atoms. The molecule has 6 nitrogen and oxygen atoms in total. The summed E-state index contributed by atoms with van der Waals surface area (Å²) in [6.45, 7) is 2.47. The van der Waals surface area contributed by atoms with E-state index in [2.05, 4.69) is 11.7 Å². The third-order valence-corrected chi connectivity index (χ3v) is 6.68. The second-order valence-electron chi connectivity index (χ2n) is 10.3. The number of hydrogen-bond donors (Lipinski definition) is 0. The predicted molar refractivity (Wildman–Crippen MR) is 149 cm³/mol. The van der Waals surface area contributed by atoms with E-state index in [-0.39, 0.29) is 39.0 Å². The van der Waals surface area contributed by atoms with E-state index in [1.807, 2.05) is 0 Å². The summed E-state index contributed by atoms with van der Waals surface area (Å²) in [6.07, 6.45) is 18.8. The Bertz CT molecular complexity index is 870. The van der Waals surface area contributed by atoms with Crippen molar-refractivity contribution in [1.29, 1.82) is 0 Å². The maximum absolute atomic E-state index is 13.5. The summed E-state index contributed by atoms with van der Waals surface area (Å²) in [4.78, 5) is 23.4. The van der Waals surface area contributed by atoms with Gasteiger partial charge < -0.3 is 18.9 Å². The minimum atomic E-state index is -2.34. The summed E-state index contributed by atoms with van der Waals surface area (Å²) in [5.41, 5.74) is 0. The Kier molecular flexibility index (Phi) is 21.8. The molecule has 0 aliphatic heterocycles. The van der Waals surface area contributed by atoms with Gasteiger partial charge in [0.05, 0.1) is 32.8 Å². The summed E-state index contributed by atoms with van der Waals surface area (Å²) in [7, 11) is 0. The number of unbranched alkanes of at least 4 members (excludes halogenated alkanes) is 14. The Hall–Kier alpha value is -2.27. The number of esters is 2. The molecule has 11 heteroatoms. The number of ether oxygens (including phenoxy) is 4. The summed E-state index contributed by atoms with van der Waals surface area (Å²) >= 11 is 0. The Labute approximate surface area is 246 Å². The molecule has 0 saturated heterocycles. The number of rotatable bonds is 26. The molecule has 0 saturated carbocycles. The Morgan fingerprint density at radius 2 is 0.881 bits per heavy atom. The van der Waals surface area contributed by atoms with Gasteiger partial charge >= 0.3 is 11.9 Å². The van der Waals surface area contributed by atoms with Crippen LogP contribution in [-0.2, 0) is 23.8 Å². The van der Waals surface area contributed by atoms with Crippen LogP contribution >= 0.6 is 0 Å². The molecular formula is C31H47F5O6. The van der Waals surface area contributed by atoms with Crippen molar-refractivity contribution in [2.45, 2.75) is 116 Å². The molecule has 0 amide bonds. The third-order valence-electron chi connectivity index (χ3n) is 6.68. The van der Waals surface area contributed by atoms with Crippen LogP contribution in [0.1, 0.15) is 116 Å². The quantitative estimate of drug-likeness (QED) is 0.0262. The van der Waals surface area contributed by atoms with E-state index in [0.717, 1.165) is 19.3 Å². The maximum atomic E-state index is 13.5. The van der Waals surface area contributed by atoms with Crippen molar-refractivity contribution in [2.75, 3.05) is 33.0 Å². The van der Waals surface area contributed by atoms with Crippen molar-refractivity contribution in [1.82, 2.24) is 0 Å². The molecule has 1 rings (SSSR count). The molecule has 1 aromatic rings. The second kappa shape index (κ2) is 24.2. The molecule has 0 heterocycles. The number of hydrogen-bond acceptors (Lipinski definition) is 6. The highest BCUT2D eigenvalue weighted by molar-refractivity contribution is 5.72. The molecule has 0 aliphatic carbocycles. The molecule has 0 bridgehead atoms. The Morgan fingerprint density at radius 1 is 0.476 bits per heavy atom. The van der Waals surface area contributed by atoms with E-state index >= 15 is 0 Å². The molecule has 242 valence electrons. The summed E-state index contributed by atoms with van der Waals surface area (Å²) in [5.74, 6) is -14.4. The molecule has 0 radical (unpaired) electrons. The fourth-order valence-corrected chi connectivity index (χ4v) is 4.24. The highest BCUT2D eigenvalue weighted by Gasteiger charge is 2.28. The minimum absolute atomic E-state index is 0.0584. The first-order valence-electron chi connectivity index (χ1n) is 15.3. The van der Waals surface area contributed by atoms with Gasteiger partial charge in [-0.3, -0.25) is 9.59 Å². The lowest BCUT2D eigenvalue weighted by molar-refractivity contribution is -0.145. The monoisotopic (exact) mass is 610 g/mol. The van der Waals surface area contributed by atoms with E-state index in [9.17, 15) is 31.5 Å². The van der Waals surface area contributed by atoms with Gasteiger partial charge in [-0.25, -0.2) is 13.2 Å². The van der Waals surface area contributed by atoms with E-state index in [1.165, 1.54) is 77.0 Å². The van der Waals surface area contributed by atoms with Crippen molar-refractivity contribution >= 4 is 11.9 Å². The van der Waals surface area contributed by atoms with Crippen LogP contribution in [0.2, 0.25) is 0 Å². The molecule has 0 spiro atoms. The largest absolute Gasteiger partial charge is 0.463 e. The standard InChI is InChI=1S/C31H47F5O6/c1-2-3-4-5-6-7-8-9-10-11-12-13-14-15-16-17-24(37)41-23-22-40-21-20-39-19-18-25(38)42-31-29(35)27(33)26(32)28(34)30(31)36/h2-23H2,1H3. The first kappa shape index (κ1) is 37.8. The average Bonchev–Trinajstić information content (AvgIpc) is 2.98. The fraction of sp³-hybridized carbons (Fsp3) is 0.742. The van der Waals surface area contributed by atoms with Crippen molar-refractivity contribution < 1.29 is 50.5 Å². The van der Waals surface area contributed by atoms with Crippen molar-refractivity contribution in [3.05, 3.63) is 29.1 Å². The molecule has 0 atom stereocenters. The van der Waals surface area contributed by atoms with Crippen LogP contribution in [-0.4, -0.2) is 45.0 Å². The van der Waals surface area contributed by atoms with E-state index in [0.29, 0.717) is 6.42 Å². The van der Waals surface area contributed by atoms with Gasteiger partial charge in [0.15, 0.2) is 0 Å². The molecule has 0 unspecified atom stereocenters. The molecule has 0 fully saturated rings. The smallest absolute Gasteiger partial charge is 0.313 e. The first-order chi connectivity index (χ1) is 20.3. The van der Waals surface area contributed by atoms with Gasteiger partial charge in [0, 0.05) is 6.42 Å². The van der Waals surface area contributed by atoms with Crippen molar-refractivity contribution in [2.24, 2.45) is 0 Å². The first-order valence-corrected chi connectivity index (χ1v) is 15.3. The lowest BCUT2D eigenvalue weighted by Crippen LogP contribution is -2.16. The van der Waals surface area contributed by atoms with Gasteiger partial charge in [-0.05, 0) is 6.42 Å². The van der Waals surface area contributed by atoms with E-state index in [1.54, 1.807) is 0 Å². The van der Waals surface area contributed by atoms with Crippen LogP contribution in [0.3, 0.4) is 0 Å². The predicted octanol–water partition coefficient (Wildman–Crippen LogP) is 8.52. The topological polar surface area (TPSA) is 71.1 Å². The van der Waals surface area contributed by atoms with Gasteiger partial charge in [0.25, 0.3) is 0 Å². The second-order valence-corrected chi connectivity index (χ2v) is 10.3. The van der Waals surface area contributed by atoms with E-state index < -0.39 is 47.2 Å². The molecule has 0 N–H and O–H groups in total. The third kappa shape index (κ3) is 17.0. The minimum Gasteiger partial charge on any atom is -0.463 e. The Morgan fingerprint density at radius 3 is 1.38 bits per heavy atom. The van der Waals surface area contributed by atoms with Crippen LogP contribution < -0.4 is 4.74 Å². The lowest BCUT2D eigenvalue weighted by Gasteiger charge is -2.09. The van der Waals surface area contributed by atoms with Gasteiger partial charge in [0.2, 0.25) is 34.8 Å². The average molecular weight is 611 g/mol. The molecular weight excluding hydrogens is 563 g/mol. The number of carbonyl (C=O) groups is 2. The highest BCUT2D eigenvalue weighted by atomic mass is 19.2. The van der Waals surface area contributed by atoms with Crippen molar-refractivity contribution in [3.8, 4) is 5.75 Å². The van der Waals surface area contributed by atoms with Gasteiger partial charge in [0.1, 0.15) is 6.61 Å². The normalized spacial score (nSPS) is 11.2. The van der Waals surface area contributed by atoms with Crippen molar-refractivity contribution in [3.63, 3.8) is 0 Å². The molecule has 0 aromatic heterocycles. The molecule has 1 aromatic carbocycles. The fourth-order valence-electron chi connectivity index (χ4n) is 4.24. The zero-order valence-corrected chi connectivity index (χ0v) is 24.9. The summed E-state index contributed by atoms with van der Waals surface area (Å²) in [5, 5.41) is 0. The summed E-state index contributed by atoms with van der Waals surface area (Å²) < 4.78 is 86.1. The number of benzene rings is 1. The van der Waals surface area contributed by atoms with Gasteiger partial charge in [-0.1, -0.05) is 96.8 Å². The van der Waals surface area contributed by atoms with Crippen LogP contribution in [0.15, 0.2) is 0 Å². The maximum Gasteiger partial charge on any atom is 0.313 e. The SMILES string of the molecule is CCCCCCCCCCCCCCCCCC(=O)OCCOCCOCCC(=O)Oc1c(F)c(F)c(F)c(F)c1F. The van der Waals surface area contributed by atoms with Crippen LogP contribution in [0, 0.1) is 29.1 Å². The molecule has 0 aliphatic rings. The van der Waals surface area contributed by atoms with Gasteiger partial charge in [-0.15, -0.1) is 0 Å². The Balaban J connectivity index is 1.89.